The summed E-state index contributed by atoms with van der Waals surface area (Å²) in [7, 11) is 0. The van der Waals surface area contributed by atoms with Crippen LogP contribution >= 0.6 is 0 Å². The third-order valence-electron chi connectivity index (χ3n) is 5.88. The fraction of sp³-hybridized carbons (Fsp3) is 0.200. The van der Waals surface area contributed by atoms with Gasteiger partial charge in [-0.3, -0.25) is 14.4 Å². The van der Waals surface area contributed by atoms with E-state index in [-0.39, 0.29) is 17.9 Å². The van der Waals surface area contributed by atoms with E-state index < -0.39 is 12.0 Å². The Hall–Kier alpha value is -3.44. The second-order valence-corrected chi connectivity index (χ2v) is 7.87. The highest BCUT2D eigenvalue weighted by Gasteiger charge is 2.60. The van der Waals surface area contributed by atoms with E-state index in [1.807, 2.05) is 74.5 Å². The van der Waals surface area contributed by atoms with Gasteiger partial charge in [0.2, 0.25) is 5.91 Å². The molecule has 0 unspecified atom stereocenters. The van der Waals surface area contributed by atoms with E-state index in [1.54, 1.807) is 17.2 Å². The van der Waals surface area contributed by atoms with Crippen molar-refractivity contribution in [3.05, 3.63) is 95.6 Å². The lowest BCUT2D eigenvalue weighted by Crippen LogP contribution is -2.37. The lowest BCUT2D eigenvalue weighted by Gasteiger charge is -2.29. The second-order valence-electron chi connectivity index (χ2n) is 7.87. The second kappa shape index (κ2) is 7.11. The number of amides is 2. The minimum Gasteiger partial charge on any atom is -0.273 e. The van der Waals surface area contributed by atoms with E-state index in [0.29, 0.717) is 5.69 Å². The highest BCUT2D eigenvalue weighted by Crippen LogP contribution is 2.48. The van der Waals surface area contributed by atoms with E-state index in [2.05, 4.69) is 6.07 Å². The fourth-order valence-electron chi connectivity index (χ4n) is 4.52. The van der Waals surface area contributed by atoms with Crippen LogP contribution in [0.25, 0.3) is 0 Å². The Morgan fingerprint density at radius 2 is 1.40 bits per heavy atom. The van der Waals surface area contributed by atoms with Crippen LogP contribution in [0.5, 0.6) is 0 Å². The molecule has 2 saturated heterocycles. The molecule has 3 aromatic rings. The molecular weight excluding hydrogens is 376 g/mol. The molecule has 5 heteroatoms. The Kier molecular flexibility index (Phi) is 4.40. The molecular formula is C25H22N2O3. The van der Waals surface area contributed by atoms with Gasteiger partial charge in [0, 0.05) is 0 Å². The summed E-state index contributed by atoms with van der Waals surface area (Å²) in [5.41, 5.74) is 4.62. The molecule has 0 spiro atoms. The van der Waals surface area contributed by atoms with Gasteiger partial charge < -0.3 is 0 Å². The fourth-order valence-corrected chi connectivity index (χ4v) is 4.52. The molecule has 0 bridgehead atoms. The van der Waals surface area contributed by atoms with Crippen molar-refractivity contribution in [3.63, 3.8) is 0 Å². The van der Waals surface area contributed by atoms with Gasteiger partial charge in [-0.25, -0.2) is 9.96 Å². The molecule has 3 atom stereocenters. The number of carbonyl (C=O) groups is 2. The monoisotopic (exact) mass is 398 g/mol. The molecule has 3 aromatic carbocycles. The van der Waals surface area contributed by atoms with Crippen molar-refractivity contribution in [2.24, 2.45) is 5.92 Å². The zero-order valence-electron chi connectivity index (χ0n) is 16.9. The van der Waals surface area contributed by atoms with Crippen molar-refractivity contribution in [1.29, 1.82) is 0 Å². The van der Waals surface area contributed by atoms with Crippen LogP contribution in [0.2, 0.25) is 0 Å². The van der Waals surface area contributed by atoms with E-state index >= 15 is 0 Å². The predicted molar refractivity (Wildman–Crippen MR) is 115 cm³/mol. The van der Waals surface area contributed by atoms with Gasteiger partial charge in [0.05, 0.1) is 17.4 Å². The number of carbonyl (C=O) groups excluding carboxylic acids is 2. The molecule has 2 heterocycles. The number of para-hydroxylation sites is 2. The Labute approximate surface area is 175 Å². The zero-order valence-corrected chi connectivity index (χ0v) is 16.9. The first-order chi connectivity index (χ1) is 14.6. The molecule has 2 amide bonds. The zero-order chi connectivity index (χ0) is 20.8. The molecule has 5 nitrogen and oxygen atoms in total. The summed E-state index contributed by atoms with van der Waals surface area (Å²) >= 11 is 0. The minimum atomic E-state index is -0.844. The summed E-state index contributed by atoms with van der Waals surface area (Å²) in [6, 6.07) is 24.5. The summed E-state index contributed by atoms with van der Waals surface area (Å²) in [6.45, 7) is 4.08. The summed E-state index contributed by atoms with van der Waals surface area (Å²) < 4.78 is 0. The van der Waals surface area contributed by atoms with Crippen LogP contribution in [-0.4, -0.2) is 17.9 Å². The molecule has 0 N–H and O–H groups in total. The predicted octanol–water partition coefficient (Wildman–Crippen LogP) is 4.35. The van der Waals surface area contributed by atoms with Crippen molar-refractivity contribution in [2.75, 3.05) is 9.96 Å². The third-order valence-corrected chi connectivity index (χ3v) is 5.88. The number of rotatable bonds is 3. The average Bonchev–Trinajstić information content (AvgIpc) is 3.26. The molecule has 0 aromatic heterocycles. The molecule has 0 radical (unpaired) electrons. The first-order valence-corrected chi connectivity index (χ1v) is 10.1. The first kappa shape index (κ1) is 18.6. The molecule has 2 fully saturated rings. The molecule has 150 valence electrons. The lowest BCUT2D eigenvalue weighted by molar-refractivity contribution is -0.126. The number of imide groups is 1. The van der Waals surface area contributed by atoms with Crippen LogP contribution in [0, 0.1) is 19.8 Å². The van der Waals surface area contributed by atoms with Gasteiger partial charge in [0.15, 0.2) is 6.10 Å². The van der Waals surface area contributed by atoms with Gasteiger partial charge in [-0.15, -0.1) is 0 Å². The quantitative estimate of drug-likeness (QED) is 0.616. The van der Waals surface area contributed by atoms with Crippen molar-refractivity contribution in [2.45, 2.75) is 26.0 Å². The smallest absolute Gasteiger partial charge is 0.266 e. The molecule has 5 rings (SSSR count). The standard InChI is InChI=1S/C25H22N2O3/c1-16-13-14-20(17(2)15-16)22-21-23(30-27(22)19-11-7-4-8-12-19)25(29)26(24(21)28)18-9-5-3-6-10-18/h3-15,21-23H,1-2H3/t21-,22-,23+/m1/s1. The van der Waals surface area contributed by atoms with Gasteiger partial charge in [-0.1, -0.05) is 60.2 Å². The number of benzene rings is 3. The van der Waals surface area contributed by atoms with Gasteiger partial charge in [0.1, 0.15) is 5.92 Å². The van der Waals surface area contributed by atoms with Crippen LogP contribution in [-0.2, 0) is 14.4 Å². The van der Waals surface area contributed by atoms with Crippen LogP contribution in [0.4, 0.5) is 11.4 Å². The van der Waals surface area contributed by atoms with E-state index in [0.717, 1.165) is 22.4 Å². The largest absolute Gasteiger partial charge is 0.273 e. The summed E-state index contributed by atoms with van der Waals surface area (Å²) in [5.74, 6) is -1.15. The lowest BCUT2D eigenvalue weighted by atomic mass is 9.87. The summed E-state index contributed by atoms with van der Waals surface area (Å²) in [5, 5.41) is 1.74. The highest BCUT2D eigenvalue weighted by molar-refractivity contribution is 6.23. The number of hydroxylamine groups is 1. The number of nitrogens with zero attached hydrogens (tertiary/aromatic N) is 2. The maximum atomic E-state index is 13.5. The molecule has 2 aliphatic heterocycles. The van der Waals surface area contributed by atoms with Crippen LogP contribution in [0.15, 0.2) is 78.9 Å². The van der Waals surface area contributed by atoms with E-state index in [9.17, 15) is 9.59 Å². The maximum absolute atomic E-state index is 13.5. The first-order valence-electron chi connectivity index (χ1n) is 10.1. The summed E-state index contributed by atoms with van der Waals surface area (Å²) in [6.07, 6.45) is -0.844. The van der Waals surface area contributed by atoms with Crippen molar-refractivity contribution >= 4 is 23.2 Å². The van der Waals surface area contributed by atoms with E-state index in [4.69, 9.17) is 4.84 Å². The minimum absolute atomic E-state index is 0.223. The van der Waals surface area contributed by atoms with Gasteiger partial charge in [0.25, 0.3) is 5.91 Å². The molecule has 0 aliphatic carbocycles. The Morgan fingerprint density at radius 1 is 0.767 bits per heavy atom. The van der Waals surface area contributed by atoms with Crippen LogP contribution < -0.4 is 9.96 Å². The Bertz CT molecular complexity index is 1110. The normalized spacial score (nSPS) is 23.2. The van der Waals surface area contributed by atoms with Gasteiger partial charge in [-0.2, -0.15) is 0 Å². The number of aryl methyl sites for hydroxylation is 2. The molecule has 30 heavy (non-hydrogen) atoms. The number of anilines is 2. The van der Waals surface area contributed by atoms with Gasteiger partial charge >= 0.3 is 0 Å². The Balaban J connectivity index is 1.62. The average molecular weight is 398 g/mol. The van der Waals surface area contributed by atoms with Crippen molar-refractivity contribution < 1.29 is 14.4 Å². The third kappa shape index (κ3) is 2.82. The number of hydrogen-bond donors (Lipinski definition) is 0. The van der Waals surface area contributed by atoms with Gasteiger partial charge in [-0.05, 0) is 49.2 Å². The van der Waals surface area contributed by atoms with E-state index in [1.165, 1.54) is 4.90 Å². The Morgan fingerprint density at radius 3 is 2.03 bits per heavy atom. The molecule has 2 aliphatic rings. The van der Waals surface area contributed by atoms with Crippen LogP contribution in [0.1, 0.15) is 22.7 Å². The SMILES string of the molecule is Cc1ccc([C@@H]2[C@H]3C(=O)N(c4ccccc4)C(=O)[C@H]3ON2c2ccccc2)c(C)c1. The highest BCUT2D eigenvalue weighted by atomic mass is 16.7. The molecule has 0 saturated carbocycles. The van der Waals surface area contributed by atoms with Crippen LogP contribution in [0.3, 0.4) is 0 Å². The number of fused-ring (bicyclic) bond motifs is 1. The van der Waals surface area contributed by atoms with Crippen molar-refractivity contribution in [3.8, 4) is 0 Å². The maximum Gasteiger partial charge on any atom is 0.266 e. The summed E-state index contributed by atoms with van der Waals surface area (Å²) in [4.78, 5) is 34.2. The number of hydrogen-bond acceptors (Lipinski definition) is 4. The van der Waals surface area contributed by atoms with Crippen molar-refractivity contribution in [1.82, 2.24) is 0 Å². The topological polar surface area (TPSA) is 49.9 Å².